The fraction of sp³-hybridized carbons (Fsp3) is 0.800. The monoisotopic (exact) mass is 228 g/mol. The topological polar surface area (TPSA) is 97.5 Å². The Hall–Kier alpha value is 0.0943. The summed E-state index contributed by atoms with van der Waals surface area (Å²) in [5.41, 5.74) is 5.17. The van der Waals surface area contributed by atoms with Gasteiger partial charge in [0.1, 0.15) is 0 Å². The van der Waals surface area contributed by atoms with Crippen molar-refractivity contribution in [3.63, 3.8) is 0 Å². The van der Waals surface area contributed by atoms with E-state index < -0.39 is 33.4 Å². The summed E-state index contributed by atoms with van der Waals surface area (Å²) in [5, 5.41) is 8.39. The maximum atomic E-state index is 10.6. The van der Waals surface area contributed by atoms with E-state index in [4.69, 9.17) is 10.8 Å². The van der Waals surface area contributed by atoms with Crippen LogP contribution in [-0.4, -0.2) is 26.9 Å². The Morgan fingerprint density at radius 1 is 1.67 bits per heavy atom. The van der Waals surface area contributed by atoms with Gasteiger partial charge in [0.15, 0.2) is 0 Å². The van der Waals surface area contributed by atoms with Crippen LogP contribution in [0.5, 0.6) is 0 Å². The van der Waals surface area contributed by atoms with Gasteiger partial charge in [-0.25, -0.2) is 0 Å². The van der Waals surface area contributed by atoms with Crippen molar-refractivity contribution in [2.24, 2.45) is 5.73 Å². The molecule has 0 aromatic heterocycles. The van der Waals surface area contributed by atoms with Gasteiger partial charge in [0, 0.05) is 0 Å². The molecule has 0 fully saturated rings. The van der Waals surface area contributed by atoms with Crippen LogP contribution in [0.4, 0.5) is 0 Å². The Kier molecular flexibility index (Phi) is 5.74. The van der Waals surface area contributed by atoms with Gasteiger partial charge >= 0.3 is 80.1 Å². The molecule has 2 atom stereocenters. The third-order valence-corrected chi connectivity index (χ3v) is 5.18. The molecule has 0 spiro atoms. The summed E-state index contributed by atoms with van der Waals surface area (Å²) >= 11 is -2.38. The summed E-state index contributed by atoms with van der Waals surface area (Å²) in [4.78, 5) is 10.3. The second kappa shape index (κ2) is 5.69. The Balaban J connectivity index is 4.12. The van der Waals surface area contributed by atoms with Gasteiger partial charge in [-0.15, -0.1) is 0 Å². The molecule has 0 aromatic rings. The van der Waals surface area contributed by atoms with Crippen LogP contribution in [0.2, 0.25) is 0 Å². The number of carbonyl (C=O) groups is 1. The van der Waals surface area contributed by atoms with Gasteiger partial charge in [-0.2, -0.15) is 0 Å². The summed E-state index contributed by atoms with van der Waals surface area (Å²) in [6.45, 7) is 0. The van der Waals surface area contributed by atoms with E-state index in [2.05, 4.69) is 0 Å². The van der Waals surface area contributed by atoms with E-state index in [1.54, 1.807) is 6.26 Å². The summed E-state index contributed by atoms with van der Waals surface area (Å²) < 4.78 is 20.5. The molecular weight excluding hydrogens is 218 g/mol. The van der Waals surface area contributed by atoms with Crippen LogP contribution in [0.3, 0.4) is 0 Å². The van der Waals surface area contributed by atoms with Crippen LogP contribution in [-0.2, 0) is 29.3 Å². The summed E-state index contributed by atoms with van der Waals surface area (Å²) in [7, 11) is 0. The van der Waals surface area contributed by atoms with Crippen molar-refractivity contribution < 1.29 is 34.4 Å². The predicted molar refractivity (Wildman–Crippen MR) is 38.9 cm³/mol. The number of hydrogen-bond donors (Lipinski definition) is 2. The Labute approximate surface area is 80.2 Å². The molecule has 1 unspecified atom stereocenters. The van der Waals surface area contributed by atoms with E-state index in [1.807, 2.05) is 0 Å². The van der Waals surface area contributed by atoms with Crippen LogP contribution in [0.15, 0.2) is 0 Å². The molecule has 0 radical (unpaired) electrons. The molecule has 0 saturated heterocycles. The maximum absolute atomic E-state index is 10.6. The minimum atomic E-state index is -3.51. The molecule has 0 amide bonds. The molecule has 7 heteroatoms. The van der Waals surface area contributed by atoms with Crippen molar-refractivity contribution in [2.45, 2.75) is 16.0 Å². The third kappa shape index (κ3) is 4.20. The normalized spacial score (nSPS) is 15.2. The summed E-state index contributed by atoms with van der Waals surface area (Å²) in [6, 6.07) is -1.08. The molecule has 0 aliphatic rings. The molecule has 0 rings (SSSR count). The van der Waals surface area contributed by atoms with Gasteiger partial charge in [0.05, 0.1) is 0 Å². The number of nitrogens with two attached hydrogens (primary N) is 1. The van der Waals surface area contributed by atoms with Gasteiger partial charge in [0.2, 0.25) is 0 Å². The number of aliphatic carboxylic acids is 1. The zero-order chi connectivity index (χ0) is 9.72. The molecule has 3 N–H and O–H groups in total. The molecule has 0 heterocycles. The van der Waals surface area contributed by atoms with E-state index >= 15 is 0 Å². The Morgan fingerprint density at radius 2 is 2.17 bits per heavy atom. The zero-order valence-electron chi connectivity index (χ0n) is 6.52. The molecule has 0 aliphatic carbocycles. The SMILES string of the molecule is CS[CH](C[C@H](N)C(=O)O)[Ti](=[O])=[O]. The van der Waals surface area contributed by atoms with Gasteiger partial charge in [-0.05, 0) is 0 Å². The Bertz CT molecular complexity index is 221. The van der Waals surface area contributed by atoms with Crippen LogP contribution in [0, 0.1) is 0 Å². The van der Waals surface area contributed by atoms with Crippen LogP contribution >= 0.6 is 11.8 Å². The number of carboxylic acid groups (broad SMARTS) is 1. The predicted octanol–water partition coefficient (Wildman–Crippen LogP) is -0.213. The van der Waals surface area contributed by atoms with E-state index in [0.717, 1.165) is 11.8 Å². The van der Waals surface area contributed by atoms with Crippen LogP contribution in [0.1, 0.15) is 6.42 Å². The standard InChI is InChI=1S/C5H10NO2S.2O.Ti/c1-9-3-2-4(6)5(7)8;;;/h3-4H,2,6H2,1H3,(H,7,8);;;/t4-;;;/m0.../s1. The van der Waals surface area contributed by atoms with Crippen molar-refractivity contribution in [1.82, 2.24) is 0 Å². The van der Waals surface area contributed by atoms with E-state index in [1.165, 1.54) is 0 Å². The van der Waals surface area contributed by atoms with E-state index in [9.17, 15) is 11.4 Å². The van der Waals surface area contributed by atoms with Gasteiger partial charge in [-0.3, -0.25) is 0 Å². The Morgan fingerprint density at radius 3 is 2.42 bits per heavy atom. The molecule has 0 aliphatic heterocycles. The first-order valence-corrected chi connectivity index (χ1v) is 6.67. The minimum absolute atomic E-state index is 0.00116. The van der Waals surface area contributed by atoms with Crippen LogP contribution in [0.25, 0.3) is 0 Å². The third-order valence-electron chi connectivity index (χ3n) is 1.33. The first kappa shape index (κ1) is 12.1. The zero-order valence-corrected chi connectivity index (χ0v) is 8.90. The number of hydrogen-bond acceptors (Lipinski definition) is 5. The number of thioether (sulfide) groups is 1. The summed E-state index contributed by atoms with van der Waals surface area (Å²) in [6.07, 6.45) is 1.63. The van der Waals surface area contributed by atoms with Gasteiger partial charge in [-0.1, -0.05) is 0 Å². The summed E-state index contributed by atoms with van der Waals surface area (Å²) in [5.74, 6) is -1.16. The average Bonchev–Trinajstić information content (AvgIpc) is 1.98. The molecule has 0 saturated carbocycles. The second-order valence-electron chi connectivity index (χ2n) is 2.22. The van der Waals surface area contributed by atoms with Crippen molar-refractivity contribution in [1.29, 1.82) is 0 Å². The quantitative estimate of drug-likeness (QED) is 0.631. The van der Waals surface area contributed by atoms with Gasteiger partial charge in [0.25, 0.3) is 0 Å². The molecule has 12 heavy (non-hydrogen) atoms. The van der Waals surface area contributed by atoms with Crippen molar-refractivity contribution in [3.05, 3.63) is 0 Å². The fourth-order valence-corrected chi connectivity index (χ4v) is 2.81. The van der Waals surface area contributed by atoms with E-state index in [-0.39, 0.29) is 6.42 Å². The van der Waals surface area contributed by atoms with Crippen molar-refractivity contribution >= 4 is 17.7 Å². The first-order valence-electron chi connectivity index (χ1n) is 3.21. The van der Waals surface area contributed by atoms with E-state index in [0.29, 0.717) is 0 Å². The number of carboxylic acids is 1. The second-order valence-corrected chi connectivity index (χ2v) is 6.00. The van der Waals surface area contributed by atoms with Crippen molar-refractivity contribution in [3.8, 4) is 0 Å². The molecule has 0 bridgehead atoms. The molecule has 5 nitrogen and oxygen atoms in total. The molecule has 69 valence electrons. The average molecular weight is 228 g/mol. The molecular formula is C5H10NO4STi. The first-order chi connectivity index (χ1) is 5.49. The van der Waals surface area contributed by atoms with Crippen molar-refractivity contribution in [2.75, 3.05) is 6.26 Å². The number of rotatable bonds is 5. The van der Waals surface area contributed by atoms with Gasteiger partial charge < -0.3 is 0 Å². The molecule has 0 aromatic carbocycles. The van der Waals surface area contributed by atoms with Crippen LogP contribution < -0.4 is 5.73 Å². The fourth-order valence-electron chi connectivity index (χ4n) is 0.620.